The number of likely N-dealkylation sites (tertiary alicyclic amines) is 1. The van der Waals surface area contributed by atoms with E-state index in [0.29, 0.717) is 6.54 Å². The van der Waals surface area contributed by atoms with Gasteiger partial charge in [0.15, 0.2) is 0 Å². The number of nitrogens with zero attached hydrogens (tertiary/aromatic N) is 1. The Hall–Kier alpha value is -2.17. The van der Waals surface area contributed by atoms with Crippen LogP contribution in [0.25, 0.3) is 0 Å². The van der Waals surface area contributed by atoms with E-state index in [2.05, 4.69) is 18.0 Å². The molecular formula is C19H26N2O3. The average Bonchev–Trinajstić information content (AvgIpc) is 2.99. The molecule has 24 heavy (non-hydrogen) atoms. The van der Waals surface area contributed by atoms with Gasteiger partial charge in [-0.25, -0.2) is 4.79 Å². The standard InChI is InChI=1S/C19H26N2O3/c1-6-9-19-10-11-21(17(22)24-18(2,3)4)16(19)20-15-8-7-13(23-5)12-14(15)19/h6-8,12,16,20H,1,9-11H2,2-5H3/t16-,19-/m1/s1. The number of benzene rings is 1. The van der Waals surface area contributed by atoms with Crippen LogP contribution in [0.1, 0.15) is 39.2 Å². The molecule has 0 radical (unpaired) electrons. The van der Waals surface area contributed by atoms with Crippen LogP contribution in [0.15, 0.2) is 30.9 Å². The van der Waals surface area contributed by atoms with E-state index in [9.17, 15) is 4.79 Å². The van der Waals surface area contributed by atoms with Gasteiger partial charge in [-0.2, -0.15) is 0 Å². The maximum Gasteiger partial charge on any atom is 0.411 e. The van der Waals surface area contributed by atoms with E-state index < -0.39 is 5.60 Å². The zero-order valence-corrected chi connectivity index (χ0v) is 14.9. The highest BCUT2D eigenvalue weighted by Crippen LogP contribution is 2.52. The minimum atomic E-state index is -0.505. The fourth-order valence-corrected chi connectivity index (χ4v) is 3.82. The number of carbonyl (C=O) groups is 1. The summed E-state index contributed by atoms with van der Waals surface area (Å²) in [6.07, 6.45) is 3.21. The Bertz CT molecular complexity index is 665. The molecule has 1 amide bonds. The minimum absolute atomic E-state index is 0.118. The lowest BCUT2D eigenvalue weighted by molar-refractivity contribution is 0.0226. The van der Waals surface area contributed by atoms with Gasteiger partial charge in [0.25, 0.3) is 0 Å². The summed E-state index contributed by atoms with van der Waals surface area (Å²) in [4.78, 5) is 14.4. The first-order valence-electron chi connectivity index (χ1n) is 8.36. The molecule has 1 saturated heterocycles. The fourth-order valence-electron chi connectivity index (χ4n) is 3.82. The number of ether oxygens (including phenoxy) is 2. The van der Waals surface area contributed by atoms with Crippen molar-refractivity contribution < 1.29 is 14.3 Å². The van der Waals surface area contributed by atoms with Gasteiger partial charge in [0.05, 0.1) is 7.11 Å². The molecule has 0 bridgehead atoms. The Morgan fingerprint density at radius 2 is 2.25 bits per heavy atom. The van der Waals surface area contributed by atoms with Crippen molar-refractivity contribution in [3.05, 3.63) is 36.4 Å². The molecule has 1 aromatic carbocycles. The van der Waals surface area contributed by atoms with E-state index in [1.54, 1.807) is 12.0 Å². The number of hydrogen-bond acceptors (Lipinski definition) is 4. The van der Waals surface area contributed by atoms with Crippen LogP contribution in [0.4, 0.5) is 10.5 Å². The third-order valence-corrected chi connectivity index (χ3v) is 4.83. The van der Waals surface area contributed by atoms with Crippen LogP contribution in [0.5, 0.6) is 5.75 Å². The monoisotopic (exact) mass is 330 g/mol. The van der Waals surface area contributed by atoms with E-state index in [1.807, 2.05) is 39.0 Å². The van der Waals surface area contributed by atoms with E-state index in [1.165, 1.54) is 5.56 Å². The van der Waals surface area contributed by atoms with Gasteiger partial charge in [-0.1, -0.05) is 6.08 Å². The third kappa shape index (κ3) is 2.62. The number of amides is 1. The largest absolute Gasteiger partial charge is 0.497 e. The highest BCUT2D eigenvalue weighted by atomic mass is 16.6. The molecule has 3 rings (SSSR count). The van der Waals surface area contributed by atoms with Gasteiger partial charge in [0.2, 0.25) is 0 Å². The summed E-state index contributed by atoms with van der Waals surface area (Å²) in [5.74, 6) is 0.829. The normalized spacial score (nSPS) is 24.8. The van der Waals surface area contributed by atoms with Crippen LogP contribution < -0.4 is 10.1 Å². The predicted molar refractivity (Wildman–Crippen MR) is 94.5 cm³/mol. The Morgan fingerprint density at radius 1 is 1.50 bits per heavy atom. The summed E-state index contributed by atoms with van der Waals surface area (Å²) in [7, 11) is 1.67. The molecule has 0 saturated carbocycles. The summed E-state index contributed by atoms with van der Waals surface area (Å²) >= 11 is 0. The Kier molecular flexibility index (Phi) is 3.98. The maximum absolute atomic E-state index is 12.6. The van der Waals surface area contributed by atoms with Crippen molar-refractivity contribution in [2.24, 2.45) is 0 Å². The molecule has 0 aliphatic carbocycles. The zero-order chi connectivity index (χ0) is 17.5. The molecule has 0 spiro atoms. The van der Waals surface area contributed by atoms with Gasteiger partial charge in [-0.05, 0) is 57.4 Å². The Labute approximate surface area is 143 Å². The van der Waals surface area contributed by atoms with E-state index in [-0.39, 0.29) is 17.7 Å². The average molecular weight is 330 g/mol. The van der Waals surface area contributed by atoms with Crippen LogP contribution in [0.3, 0.4) is 0 Å². The van der Waals surface area contributed by atoms with Crippen molar-refractivity contribution in [2.75, 3.05) is 19.0 Å². The number of methoxy groups -OCH3 is 1. The second-order valence-corrected chi connectivity index (χ2v) is 7.53. The molecular weight excluding hydrogens is 304 g/mol. The van der Waals surface area contributed by atoms with Crippen molar-refractivity contribution in [2.45, 2.75) is 50.8 Å². The van der Waals surface area contributed by atoms with Crippen LogP contribution >= 0.6 is 0 Å². The van der Waals surface area contributed by atoms with Crippen molar-refractivity contribution in [3.63, 3.8) is 0 Å². The molecule has 2 heterocycles. The van der Waals surface area contributed by atoms with E-state index in [4.69, 9.17) is 9.47 Å². The second kappa shape index (κ2) is 5.72. The zero-order valence-electron chi connectivity index (χ0n) is 14.9. The highest BCUT2D eigenvalue weighted by molar-refractivity contribution is 5.74. The van der Waals surface area contributed by atoms with Crippen molar-refractivity contribution in [3.8, 4) is 5.75 Å². The molecule has 1 N–H and O–H groups in total. The van der Waals surface area contributed by atoms with Gasteiger partial charge >= 0.3 is 6.09 Å². The van der Waals surface area contributed by atoms with E-state index >= 15 is 0 Å². The molecule has 5 heteroatoms. The van der Waals surface area contributed by atoms with Gasteiger partial charge in [0.1, 0.15) is 17.5 Å². The molecule has 5 nitrogen and oxygen atoms in total. The maximum atomic E-state index is 12.6. The van der Waals surface area contributed by atoms with Crippen LogP contribution in [0, 0.1) is 0 Å². The molecule has 2 aliphatic rings. The minimum Gasteiger partial charge on any atom is -0.497 e. The molecule has 1 aromatic rings. The third-order valence-electron chi connectivity index (χ3n) is 4.83. The van der Waals surface area contributed by atoms with E-state index in [0.717, 1.165) is 24.3 Å². The number of rotatable bonds is 3. The van der Waals surface area contributed by atoms with Gasteiger partial charge < -0.3 is 14.8 Å². The van der Waals surface area contributed by atoms with Gasteiger partial charge in [0, 0.05) is 17.6 Å². The van der Waals surface area contributed by atoms with Gasteiger partial charge in [-0.3, -0.25) is 4.90 Å². The fraction of sp³-hybridized carbons (Fsp3) is 0.526. The van der Waals surface area contributed by atoms with Crippen LogP contribution in [-0.2, 0) is 10.2 Å². The predicted octanol–water partition coefficient (Wildman–Crippen LogP) is 3.90. The Balaban J connectivity index is 1.96. The van der Waals surface area contributed by atoms with Crippen molar-refractivity contribution in [1.82, 2.24) is 4.90 Å². The first-order valence-corrected chi connectivity index (χ1v) is 8.36. The summed E-state index contributed by atoms with van der Waals surface area (Å²) < 4.78 is 11.0. The lowest BCUT2D eigenvalue weighted by Gasteiger charge is -2.33. The topological polar surface area (TPSA) is 50.8 Å². The Morgan fingerprint density at radius 3 is 2.88 bits per heavy atom. The van der Waals surface area contributed by atoms with Crippen molar-refractivity contribution in [1.29, 1.82) is 0 Å². The summed E-state index contributed by atoms with van der Waals surface area (Å²) in [5, 5.41) is 3.51. The first kappa shape index (κ1) is 16.7. The number of allylic oxidation sites excluding steroid dienone is 1. The summed E-state index contributed by atoms with van der Waals surface area (Å²) in [6, 6.07) is 6.03. The molecule has 2 atom stereocenters. The quantitative estimate of drug-likeness (QED) is 0.854. The summed E-state index contributed by atoms with van der Waals surface area (Å²) in [5.41, 5.74) is 1.56. The lowest BCUT2D eigenvalue weighted by atomic mass is 9.76. The lowest BCUT2D eigenvalue weighted by Crippen LogP contribution is -2.47. The number of fused-ring (bicyclic) bond motifs is 3. The summed E-state index contributed by atoms with van der Waals surface area (Å²) in [6.45, 7) is 10.3. The van der Waals surface area contributed by atoms with Crippen LogP contribution in [-0.4, -0.2) is 36.4 Å². The number of anilines is 1. The van der Waals surface area contributed by atoms with Gasteiger partial charge in [-0.15, -0.1) is 6.58 Å². The number of hydrogen-bond donors (Lipinski definition) is 1. The highest BCUT2D eigenvalue weighted by Gasteiger charge is 2.55. The SMILES string of the molecule is C=CC[C@]12CCN(C(=O)OC(C)(C)C)[C@H]1Nc1ccc(OC)cc12. The van der Waals surface area contributed by atoms with Crippen molar-refractivity contribution >= 4 is 11.8 Å². The number of nitrogens with one attached hydrogen (secondary N) is 1. The molecule has 2 aliphatic heterocycles. The second-order valence-electron chi connectivity index (χ2n) is 7.53. The molecule has 130 valence electrons. The number of carbonyl (C=O) groups excluding carboxylic acids is 1. The first-order chi connectivity index (χ1) is 11.3. The molecule has 1 fully saturated rings. The van der Waals surface area contributed by atoms with Crippen LogP contribution in [0.2, 0.25) is 0 Å². The molecule has 0 unspecified atom stereocenters. The smallest absolute Gasteiger partial charge is 0.411 e. The molecule has 0 aromatic heterocycles.